The minimum atomic E-state index is -0.896. The second kappa shape index (κ2) is 7.36. The number of phenols is 1. The first-order valence-electron chi connectivity index (χ1n) is 9.15. The standard InChI is InChI=1S/C21H17FN4O3/c1-2-20-24-17-6-4-3-5-14(17)21(28)26(20)11-13-8-19(29-25-13)15-9-18(27)16(22)7-12(15)10-23/h2,7-9,27H,1,3-6,11H2. The van der Waals surface area contributed by atoms with Crippen LogP contribution in [0.3, 0.4) is 0 Å². The molecule has 3 aromatic rings. The Hall–Kier alpha value is -3.73. The topological polar surface area (TPSA) is 105 Å². The zero-order valence-electron chi connectivity index (χ0n) is 15.5. The number of hydrogen-bond acceptors (Lipinski definition) is 6. The highest BCUT2D eigenvalue weighted by molar-refractivity contribution is 5.68. The molecule has 1 N–H and O–H groups in total. The van der Waals surface area contributed by atoms with Gasteiger partial charge in [0.15, 0.2) is 17.3 Å². The number of phenolic OH excluding ortho intramolecular Hbond substituents is 1. The maximum Gasteiger partial charge on any atom is 0.257 e. The van der Waals surface area contributed by atoms with Crippen molar-refractivity contribution in [3.05, 3.63) is 69.3 Å². The molecule has 0 saturated carbocycles. The van der Waals surface area contributed by atoms with Crippen molar-refractivity contribution < 1.29 is 14.0 Å². The van der Waals surface area contributed by atoms with Crippen LogP contribution in [-0.2, 0) is 19.4 Å². The van der Waals surface area contributed by atoms with Crippen LogP contribution in [0.2, 0.25) is 0 Å². The van der Waals surface area contributed by atoms with Gasteiger partial charge in [0.25, 0.3) is 5.56 Å². The van der Waals surface area contributed by atoms with Crippen molar-refractivity contribution in [1.29, 1.82) is 5.26 Å². The Balaban J connectivity index is 1.73. The highest BCUT2D eigenvalue weighted by atomic mass is 19.1. The molecule has 2 aromatic heterocycles. The van der Waals surface area contributed by atoms with Gasteiger partial charge in [-0.1, -0.05) is 11.7 Å². The second-order valence-corrected chi connectivity index (χ2v) is 6.84. The highest BCUT2D eigenvalue weighted by Gasteiger charge is 2.20. The normalized spacial score (nSPS) is 13.0. The Morgan fingerprint density at radius 2 is 2.14 bits per heavy atom. The molecule has 146 valence electrons. The van der Waals surface area contributed by atoms with Gasteiger partial charge in [0.2, 0.25) is 0 Å². The lowest BCUT2D eigenvalue weighted by molar-refractivity contribution is 0.417. The van der Waals surface area contributed by atoms with Crippen LogP contribution >= 0.6 is 0 Å². The quantitative estimate of drug-likeness (QED) is 0.731. The predicted octanol–water partition coefficient (Wildman–Crippen LogP) is 3.18. The molecular weight excluding hydrogens is 375 g/mol. The van der Waals surface area contributed by atoms with Crippen LogP contribution in [0.1, 0.15) is 41.2 Å². The van der Waals surface area contributed by atoms with Gasteiger partial charge in [0.05, 0.1) is 17.8 Å². The Kier molecular flexibility index (Phi) is 4.72. The monoisotopic (exact) mass is 392 g/mol. The van der Waals surface area contributed by atoms with Crippen molar-refractivity contribution in [1.82, 2.24) is 14.7 Å². The molecule has 0 aliphatic heterocycles. The molecular formula is C21H17FN4O3. The average molecular weight is 392 g/mol. The Morgan fingerprint density at radius 3 is 2.90 bits per heavy atom. The van der Waals surface area contributed by atoms with Gasteiger partial charge in [0.1, 0.15) is 17.6 Å². The third-order valence-electron chi connectivity index (χ3n) is 5.00. The first-order valence-corrected chi connectivity index (χ1v) is 9.15. The molecule has 0 fully saturated rings. The van der Waals surface area contributed by atoms with Gasteiger partial charge in [-0.05, 0) is 43.9 Å². The number of fused-ring (bicyclic) bond motifs is 1. The van der Waals surface area contributed by atoms with Crippen molar-refractivity contribution >= 4 is 6.08 Å². The maximum absolute atomic E-state index is 13.5. The molecule has 1 aliphatic carbocycles. The van der Waals surface area contributed by atoms with Crippen LogP contribution in [0.5, 0.6) is 5.75 Å². The number of aryl methyl sites for hydroxylation is 1. The molecule has 0 amide bonds. The molecule has 0 bridgehead atoms. The van der Waals surface area contributed by atoms with E-state index in [0.29, 0.717) is 17.9 Å². The van der Waals surface area contributed by atoms with Crippen LogP contribution in [0.25, 0.3) is 17.4 Å². The van der Waals surface area contributed by atoms with Crippen LogP contribution in [0.15, 0.2) is 34.1 Å². The molecule has 0 radical (unpaired) electrons. The van der Waals surface area contributed by atoms with E-state index in [-0.39, 0.29) is 29.0 Å². The molecule has 8 heteroatoms. The minimum absolute atomic E-state index is 0.00222. The van der Waals surface area contributed by atoms with E-state index in [0.717, 1.165) is 42.7 Å². The summed E-state index contributed by atoms with van der Waals surface area (Å²) in [6.07, 6.45) is 4.98. The molecule has 0 unspecified atom stereocenters. The van der Waals surface area contributed by atoms with E-state index >= 15 is 0 Å². The number of hydrogen-bond donors (Lipinski definition) is 1. The number of halogens is 1. The van der Waals surface area contributed by atoms with E-state index in [1.54, 1.807) is 6.07 Å². The fourth-order valence-electron chi connectivity index (χ4n) is 3.55. The molecule has 1 aromatic carbocycles. The van der Waals surface area contributed by atoms with Crippen molar-refractivity contribution in [2.24, 2.45) is 0 Å². The van der Waals surface area contributed by atoms with E-state index in [2.05, 4.69) is 16.7 Å². The van der Waals surface area contributed by atoms with E-state index in [1.807, 2.05) is 6.07 Å². The van der Waals surface area contributed by atoms with E-state index < -0.39 is 11.6 Å². The average Bonchev–Trinajstić information content (AvgIpc) is 3.20. The van der Waals surface area contributed by atoms with Crippen LogP contribution in [0.4, 0.5) is 4.39 Å². The van der Waals surface area contributed by atoms with Gasteiger partial charge in [-0.15, -0.1) is 0 Å². The largest absolute Gasteiger partial charge is 0.505 e. The molecule has 0 atom stereocenters. The van der Waals surface area contributed by atoms with Crippen molar-refractivity contribution in [2.75, 3.05) is 0 Å². The zero-order valence-corrected chi connectivity index (χ0v) is 15.5. The first-order chi connectivity index (χ1) is 14.0. The Morgan fingerprint density at radius 1 is 1.34 bits per heavy atom. The lowest BCUT2D eigenvalue weighted by Crippen LogP contribution is -2.31. The third kappa shape index (κ3) is 3.31. The van der Waals surface area contributed by atoms with Gasteiger partial charge in [-0.25, -0.2) is 9.37 Å². The first kappa shape index (κ1) is 18.6. The minimum Gasteiger partial charge on any atom is -0.505 e. The second-order valence-electron chi connectivity index (χ2n) is 6.84. The lowest BCUT2D eigenvalue weighted by atomic mass is 9.97. The van der Waals surface area contributed by atoms with Crippen molar-refractivity contribution in [3.8, 4) is 23.1 Å². The Bertz CT molecular complexity index is 1220. The summed E-state index contributed by atoms with van der Waals surface area (Å²) in [6.45, 7) is 3.86. The summed E-state index contributed by atoms with van der Waals surface area (Å²) in [6, 6.07) is 5.46. The molecule has 4 rings (SSSR count). The predicted molar refractivity (Wildman–Crippen MR) is 103 cm³/mol. The fourth-order valence-corrected chi connectivity index (χ4v) is 3.55. The molecule has 7 nitrogen and oxygen atoms in total. The van der Waals surface area contributed by atoms with E-state index in [1.165, 1.54) is 10.6 Å². The smallest absolute Gasteiger partial charge is 0.257 e. The van der Waals surface area contributed by atoms with E-state index in [4.69, 9.17) is 4.52 Å². The number of rotatable bonds is 4. The van der Waals surface area contributed by atoms with Crippen LogP contribution < -0.4 is 5.56 Å². The summed E-state index contributed by atoms with van der Waals surface area (Å²) in [5.74, 6) is -0.850. The van der Waals surface area contributed by atoms with Crippen LogP contribution in [-0.4, -0.2) is 19.8 Å². The summed E-state index contributed by atoms with van der Waals surface area (Å²) in [5.41, 5.74) is 2.07. The summed E-state index contributed by atoms with van der Waals surface area (Å²) < 4.78 is 20.3. The summed E-state index contributed by atoms with van der Waals surface area (Å²) in [5, 5.41) is 22.8. The maximum atomic E-state index is 13.5. The molecule has 0 spiro atoms. The van der Waals surface area contributed by atoms with Gasteiger partial charge >= 0.3 is 0 Å². The number of nitriles is 1. The molecule has 0 saturated heterocycles. The Labute approximate surface area is 165 Å². The summed E-state index contributed by atoms with van der Waals surface area (Å²) >= 11 is 0. The number of aromatic hydroxyl groups is 1. The molecule has 2 heterocycles. The highest BCUT2D eigenvalue weighted by Crippen LogP contribution is 2.30. The van der Waals surface area contributed by atoms with Gasteiger partial charge in [-0.2, -0.15) is 5.26 Å². The fraction of sp³-hybridized carbons (Fsp3) is 0.238. The summed E-state index contributed by atoms with van der Waals surface area (Å²) in [7, 11) is 0. The van der Waals surface area contributed by atoms with Gasteiger partial charge < -0.3 is 9.63 Å². The van der Waals surface area contributed by atoms with E-state index in [9.17, 15) is 19.6 Å². The third-order valence-corrected chi connectivity index (χ3v) is 5.00. The molecule has 1 aliphatic rings. The molecule has 29 heavy (non-hydrogen) atoms. The number of benzene rings is 1. The lowest BCUT2D eigenvalue weighted by Gasteiger charge is -2.17. The van der Waals surface area contributed by atoms with Crippen molar-refractivity contribution in [2.45, 2.75) is 32.2 Å². The van der Waals surface area contributed by atoms with Crippen LogP contribution in [0, 0.1) is 17.1 Å². The zero-order chi connectivity index (χ0) is 20.5. The number of aromatic nitrogens is 3. The SMILES string of the molecule is C=Cc1nc2c(c(=O)n1Cc1cc(-c3cc(O)c(F)cc3C#N)on1)CCCC2. The summed E-state index contributed by atoms with van der Waals surface area (Å²) in [4.78, 5) is 17.5. The number of nitrogens with zero attached hydrogens (tertiary/aromatic N) is 4. The van der Waals surface area contributed by atoms with Crippen molar-refractivity contribution in [3.63, 3.8) is 0 Å². The van der Waals surface area contributed by atoms with Gasteiger partial charge in [-0.3, -0.25) is 9.36 Å². The van der Waals surface area contributed by atoms with Gasteiger partial charge in [0, 0.05) is 17.2 Å².